The lowest BCUT2D eigenvalue weighted by atomic mass is 10.1. The Morgan fingerprint density at radius 3 is 2.60 bits per heavy atom. The Bertz CT molecular complexity index is 651. The third-order valence-corrected chi connectivity index (χ3v) is 3.73. The maximum absolute atomic E-state index is 13.5. The van der Waals surface area contributed by atoms with Crippen molar-refractivity contribution in [3.63, 3.8) is 0 Å². The molecule has 1 amide bonds. The van der Waals surface area contributed by atoms with Crippen LogP contribution in [0.15, 0.2) is 46.9 Å². The summed E-state index contributed by atoms with van der Waals surface area (Å²) >= 11 is 8.99. The predicted molar refractivity (Wildman–Crippen MR) is 81.1 cm³/mol. The minimum Gasteiger partial charge on any atom is -0.369 e. The highest BCUT2D eigenvalue weighted by Gasteiger charge is 2.19. The molecule has 20 heavy (non-hydrogen) atoms. The zero-order chi connectivity index (χ0) is 14.7. The Kier molecular flexibility index (Phi) is 4.62. The summed E-state index contributed by atoms with van der Waals surface area (Å²) in [4.78, 5) is 11.6. The zero-order valence-electron chi connectivity index (χ0n) is 10.2. The predicted octanol–water partition coefficient (Wildman–Crippen LogP) is 3.88. The number of para-hydroxylation sites is 1. The molecule has 2 rings (SSSR count). The Morgan fingerprint density at radius 1 is 1.30 bits per heavy atom. The largest absolute Gasteiger partial charge is 0.369 e. The molecule has 2 aromatic carbocycles. The number of nitrogens with one attached hydrogen (secondary N) is 1. The summed E-state index contributed by atoms with van der Waals surface area (Å²) in [5.41, 5.74) is 6.48. The number of carbonyl (C=O) groups is 1. The highest BCUT2D eigenvalue weighted by Crippen LogP contribution is 2.27. The molecule has 104 valence electrons. The summed E-state index contributed by atoms with van der Waals surface area (Å²) < 4.78 is 14.3. The smallest absolute Gasteiger partial charge is 0.244 e. The van der Waals surface area contributed by atoms with E-state index in [-0.39, 0.29) is 5.02 Å². The Morgan fingerprint density at radius 2 is 2.00 bits per heavy atom. The van der Waals surface area contributed by atoms with E-state index in [2.05, 4.69) is 21.2 Å². The van der Waals surface area contributed by atoms with E-state index >= 15 is 0 Å². The van der Waals surface area contributed by atoms with Crippen LogP contribution in [0.4, 0.5) is 10.1 Å². The van der Waals surface area contributed by atoms with E-state index in [9.17, 15) is 9.18 Å². The van der Waals surface area contributed by atoms with Gasteiger partial charge in [-0.15, -0.1) is 0 Å². The van der Waals surface area contributed by atoms with Crippen LogP contribution in [0.2, 0.25) is 5.02 Å². The first-order valence-corrected chi connectivity index (χ1v) is 6.91. The fourth-order valence-corrected chi connectivity index (χ4v) is 2.26. The first kappa shape index (κ1) is 14.8. The maximum Gasteiger partial charge on any atom is 0.244 e. The van der Waals surface area contributed by atoms with Gasteiger partial charge in [0.25, 0.3) is 0 Å². The van der Waals surface area contributed by atoms with Crippen molar-refractivity contribution >= 4 is 39.1 Å². The van der Waals surface area contributed by atoms with Crippen LogP contribution >= 0.6 is 27.5 Å². The van der Waals surface area contributed by atoms with Crippen molar-refractivity contribution in [3.8, 4) is 0 Å². The van der Waals surface area contributed by atoms with Gasteiger partial charge in [-0.25, -0.2) is 4.39 Å². The van der Waals surface area contributed by atoms with Gasteiger partial charge in [-0.2, -0.15) is 0 Å². The van der Waals surface area contributed by atoms with Crippen LogP contribution in [0.1, 0.15) is 11.6 Å². The Balaban J connectivity index is 2.34. The fourth-order valence-electron chi connectivity index (χ4n) is 1.74. The standard InChI is InChI=1S/C14H11BrClFN2O/c15-9-3-1-2-4-12(9)19-13(14(18)20)8-5-6-10(16)11(17)7-8/h1-7,13,19H,(H2,18,20). The van der Waals surface area contributed by atoms with Crippen molar-refractivity contribution in [2.75, 3.05) is 5.32 Å². The third-order valence-electron chi connectivity index (χ3n) is 2.74. The monoisotopic (exact) mass is 356 g/mol. The minimum atomic E-state index is -0.847. The Labute approximate surface area is 129 Å². The molecule has 3 nitrogen and oxygen atoms in total. The average Bonchev–Trinajstić information content (AvgIpc) is 2.41. The number of benzene rings is 2. The highest BCUT2D eigenvalue weighted by atomic mass is 79.9. The minimum absolute atomic E-state index is 0.00198. The van der Waals surface area contributed by atoms with E-state index in [4.69, 9.17) is 17.3 Å². The second kappa shape index (κ2) is 6.24. The molecule has 0 radical (unpaired) electrons. The molecule has 0 aliphatic carbocycles. The van der Waals surface area contributed by atoms with Crippen molar-refractivity contribution in [2.24, 2.45) is 5.73 Å². The molecular weight excluding hydrogens is 347 g/mol. The molecule has 0 aromatic heterocycles. The topological polar surface area (TPSA) is 55.1 Å². The Hall–Kier alpha value is -1.59. The van der Waals surface area contributed by atoms with Gasteiger partial charge in [0.05, 0.1) is 5.02 Å². The molecule has 6 heteroatoms. The number of hydrogen-bond donors (Lipinski definition) is 2. The van der Waals surface area contributed by atoms with Crippen molar-refractivity contribution in [1.82, 2.24) is 0 Å². The van der Waals surface area contributed by atoms with Gasteiger partial charge in [-0.1, -0.05) is 29.8 Å². The van der Waals surface area contributed by atoms with Gasteiger partial charge in [0.15, 0.2) is 0 Å². The molecule has 0 bridgehead atoms. The van der Waals surface area contributed by atoms with E-state index in [0.29, 0.717) is 11.3 Å². The molecular formula is C14H11BrClFN2O. The van der Waals surface area contributed by atoms with Gasteiger partial charge >= 0.3 is 0 Å². The lowest BCUT2D eigenvalue weighted by Crippen LogP contribution is -2.28. The molecule has 0 saturated heterocycles. The lowest BCUT2D eigenvalue weighted by Gasteiger charge is -2.18. The molecule has 0 aliphatic heterocycles. The number of rotatable bonds is 4. The van der Waals surface area contributed by atoms with Crippen molar-refractivity contribution in [2.45, 2.75) is 6.04 Å². The zero-order valence-corrected chi connectivity index (χ0v) is 12.6. The number of halogens is 3. The maximum atomic E-state index is 13.5. The number of anilines is 1. The summed E-state index contributed by atoms with van der Waals surface area (Å²) in [5.74, 6) is -1.20. The molecule has 2 aromatic rings. The molecule has 0 heterocycles. The van der Waals surface area contributed by atoms with Crippen molar-refractivity contribution in [1.29, 1.82) is 0 Å². The van der Waals surface area contributed by atoms with Gasteiger partial charge in [-0.05, 0) is 45.8 Å². The first-order chi connectivity index (χ1) is 9.49. The summed E-state index contributed by atoms with van der Waals surface area (Å²) in [6.45, 7) is 0. The number of primary amides is 1. The second-order valence-corrected chi connectivity index (χ2v) is 5.39. The number of hydrogen-bond acceptors (Lipinski definition) is 2. The van der Waals surface area contributed by atoms with Crippen molar-refractivity contribution < 1.29 is 9.18 Å². The molecule has 1 unspecified atom stereocenters. The summed E-state index contributed by atoms with van der Waals surface area (Å²) in [5, 5.41) is 2.98. The molecule has 0 saturated carbocycles. The number of amides is 1. The van der Waals surface area contributed by atoms with Crippen LogP contribution in [0.5, 0.6) is 0 Å². The first-order valence-electron chi connectivity index (χ1n) is 5.74. The summed E-state index contributed by atoms with van der Waals surface area (Å²) in [6.07, 6.45) is 0. The van der Waals surface area contributed by atoms with Gasteiger partial charge < -0.3 is 11.1 Å². The van der Waals surface area contributed by atoms with Gasteiger partial charge in [0, 0.05) is 10.2 Å². The van der Waals surface area contributed by atoms with E-state index in [1.54, 1.807) is 12.1 Å². The molecule has 0 spiro atoms. The van der Waals surface area contributed by atoms with Gasteiger partial charge in [0.2, 0.25) is 5.91 Å². The van der Waals surface area contributed by atoms with Gasteiger partial charge in [-0.3, -0.25) is 4.79 Å². The fraction of sp³-hybridized carbons (Fsp3) is 0.0714. The van der Waals surface area contributed by atoms with Gasteiger partial charge in [0.1, 0.15) is 11.9 Å². The number of carbonyl (C=O) groups excluding carboxylic acids is 1. The van der Waals surface area contributed by atoms with Crippen LogP contribution in [0, 0.1) is 5.82 Å². The number of nitrogens with two attached hydrogens (primary N) is 1. The van der Waals surface area contributed by atoms with Crippen LogP contribution in [-0.2, 0) is 4.79 Å². The van der Waals surface area contributed by atoms with Crippen LogP contribution in [0.3, 0.4) is 0 Å². The van der Waals surface area contributed by atoms with E-state index < -0.39 is 17.8 Å². The summed E-state index contributed by atoms with van der Waals surface area (Å²) in [7, 11) is 0. The second-order valence-electron chi connectivity index (χ2n) is 4.13. The average molecular weight is 358 g/mol. The molecule has 0 fully saturated rings. The quantitative estimate of drug-likeness (QED) is 0.872. The van der Waals surface area contributed by atoms with Crippen LogP contribution < -0.4 is 11.1 Å². The third kappa shape index (κ3) is 3.29. The summed E-state index contributed by atoms with van der Waals surface area (Å²) in [6, 6.07) is 10.6. The van der Waals surface area contributed by atoms with Crippen LogP contribution in [0.25, 0.3) is 0 Å². The van der Waals surface area contributed by atoms with E-state index in [1.165, 1.54) is 12.1 Å². The van der Waals surface area contributed by atoms with E-state index in [0.717, 1.165) is 4.47 Å². The normalized spacial score (nSPS) is 11.9. The van der Waals surface area contributed by atoms with Crippen LogP contribution in [-0.4, -0.2) is 5.91 Å². The lowest BCUT2D eigenvalue weighted by molar-refractivity contribution is -0.118. The molecule has 1 atom stereocenters. The molecule has 0 aliphatic rings. The van der Waals surface area contributed by atoms with Crippen molar-refractivity contribution in [3.05, 3.63) is 63.3 Å². The SMILES string of the molecule is NC(=O)C(Nc1ccccc1Br)c1ccc(Cl)c(F)c1. The highest BCUT2D eigenvalue weighted by molar-refractivity contribution is 9.10. The molecule has 3 N–H and O–H groups in total. The van der Waals surface area contributed by atoms with E-state index in [1.807, 2.05) is 18.2 Å².